The Morgan fingerprint density at radius 1 is 1.37 bits per heavy atom. The minimum Gasteiger partial charge on any atom is -0.493 e. The van der Waals surface area contributed by atoms with E-state index >= 15 is 0 Å². The third-order valence-corrected chi connectivity index (χ3v) is 2.43. The van der Waals surface area contributed by atoms with Gasteiger partial charge >= 0.3 is 0 Å². The maximum absolute atomic E-state index is 11.5. The standard InChI is InChI=1S/C13H19NO5/c1-17-7-6-14-12(16)9-19-13-10(8-15)4-3-5-11(13)18-2/h3-5,15H,6-9H2,1-2H3,(H,14,16). The molecule has 6 heteroatoms. The number of hydrogen-bond acceptors (Lipinski definition) is 5. The molecule has 0 saturated carbocycles. The van der Waals surface area contributed by atoms with Crippen molar-refractivity contribution in [2.75, 3.05) is 34.0 Å². The number of benzene rings is 1. The summed E-state index contributed by atoms with van der Waals surface area (Å²) in [5.74, 6) is 0.609. The van der Waals surface area contributed by atoms with E-state index in [2.05, 4.69) is 5.32 Å². The number of carbonyl (C=O) groups is 1. The first-order valence-corrected chi connectivity index (χ1v) is 5.88. The molecular formula is C13H19NO5. The minimum atomic E-state index is -0.258. The number of carbonyl (C=O) groups excluding carboxylic acids is 1. The number of nitrogens with one attached hydrogen (secondary N) is 1. The highest BCUT2D eigenvalue weighted by Crippen LogP contribution is 2.30. The summed E-state index contributed by atoms with van der Waals surface area (Å²) in [4.78, 5) is 11.5. The Balaban J connectivity index is 2.58. The number of ether oxygens (including phenoxy) is 3. The maximum Gasteiger partial charge on any atom is 0.258 e. The zero-order chi connectivity index (χ0) is 14.1. The molecule has 6 nitrogen and oxygen atoms in total. The van der Waals surface area contributed by atoms with Gasteiger partial charge in [0.05, 0.1) is 20.3 Å². The average Bonchev–Trinajstić information content (AvgIpc) is 2.44. The minimum absolute atomic E-state index is 0.142. The Hall–Kier alpha value is -1.79. The van der Waals surface area contributed by atoms with Crippen LogP contribution in [0.2, 0.25) is 0 Å². The summed E-state index contributed by atoms with van der Waals surface area (Å²) in [5.41, 5.74) is 0.573. The molecule has 0 unspecified atom stereocenters. The maximum atomic E-state index is 11.5. The number of amides is 1. The van der Waals surface area contributed by atoms with Crippen LogP contribution < -0.4 is 14.8 Å². The fourth-order valence-electron chi connectivity index (χ4n) is 1.49. The lowest BCUT2D eigenvalue weighted by atomic mass is 10.2. The highest BCUT2D eigenvalue weighted by molar-refractivity contribution is 5.77. The van der Waals surface area contributed by atoms with Gasteiger partial charge < -0.3 is 24.6 Å². The Morgan fingerprint density at radius 2 is 2.16 bits per heavy atom. The van der Waals surface area contributed by atoms with E-state index in [0.29, 0.717) is 30.2 Å². The van der Waals surface area contributed by atoms with Gasteiger partial charge in [-0.25, -0.2) is 0 Å². The number of aliphatic hydroxyl groups excluding tert-OH is 1. The van der Waals surface area contributed by atoms with Crippen LogP contribution in [0.4, 0.5) is 0 Å². The molecule has 0 saturated heterocycles. The number of methoxy groups -OCH3 is 2. The van der Waals surface area contributed by atoms with Crippen LogP contribution >= 0.6 is 0 Å². The van der Waals surface area contributed by atoms with Crippen LogP contribution in [-0.2, 0) is 16.1 Å². The Labute approximate surface area is 112 Å². The normalized spacial score (nSPS) is 10.1. The third-order valence-electron chi connectivity index (χ3n) is 2.43. The number of hydrogen-bond donors (Lipinski definition) is 2. The molecule has 106 valence electrons. The van der Waals surface area contributed by atoms with E-state index in [4.69, 9.17) is 14.2 Å². The van der Waals surface area contributed by atoms with Gasteiger partial charge in [-0.2, -0.15) is 0 Å². The summed E-state index contributed by atoms with van der Waals surface area (Å²) in [7, 11) is 3.06. The van der Waals surface area contributed by atoms with Crippen LogP contribution in [0.3, 0.4) is 0 Å². The molecule has 0 aromatic heterocycles. The van der Waals surface area contributed by atoms with Crippen molar-refractivity contribution in [2.45, 2.75) is 6.61 Å². The molecule has 0 aliphatic heterocycles. The van der Waals surface area contributed by atoms with Crippen LogP contribution in [-0.4, -0.2) is 45.0 Å². The summed E-state index contributed by atoms with van der Waals surface area (Å²) in [6.07, 6.45) is 0. The first-order chi connectivity index (χ1) is 9.22. The van der Waals surface area contributed by atoms with Crippen molar-refractivity contribution >= 4 is 5.91 Å². The molecule has 0 heterocycles. The van der Waals surface area contributed by atoms with Gasteiger partial charge in [0.25, 0.3) is 5.91 Å². The number of rotatable bonds is 8. The number of para-hydroxylation sites is 1. The van der Waals surface area contributed by atoms with Gasteiger partial charge in [0.2, 0.25) is 0 Å². The summed E-state index contributed by atoms with van der Waals surface area (Å²) in [5, 5.41) is 11.9. The van der Waals surface area contributed by atoms with Gasteiger partial charge in [-0.15, -0.1) is 0 Å². The van der Waals surface area contributed by atoms with E-state index in [1.165, 1.54) is 7.11 Å². The molecule has 2 N–H and O–H groups in total. The third kappa shape index (κ3) is 4.76. The van der Waals surface area contributed by atoms with Crippen molar-refractivity contribution in [3.63, 3.8) is 0 Å². The molecule has 0 fully saturated rings. The van der Waals surface area contributed by atoms with Crippen LogP contribution in [0.5, 0.6) is 11.5 Å². The van der Waals surface area contributed by atoms with Gasteiger partial charge in [-0.1, -0.05) is 12.1 Å². The van der Waals surface area contributed by atoms with Crippen molar-refractivity contribution in [3.8, 4) is 11.5 Å². The molecule has 0 bridgehead atoms. The van der Waals surface area contributed by atoms with E-state index in [9.17, 15) is 9.90 Å². The topological polar surface area (TPSA) is 77.0 Å². The second kappa shape index (κ2) is 8.34. The average molecular weight is 269 g/mol. The van der Waals surface area contributed by atoms with E-state index in [0.717, 1.165) is 0 Å². The first kappa shape index (κ1) is 15.3. The molecule has 0 aliphatic carbocycles. The van der Waals surface area contributed by atoms with Crippen molar-refractivity contribution in [3.05, 3.63) is 23.8 Å². The van der Waals surface area contributed by atoms with Crippen LogP contribution in [0.25, 0.3) is 0 Å². The van der Waals surface area contributed by atoms with E-state index in [-0.39, 0.29) is 19.1 Å². The van der Waals surface area contributed by atoms with Crippen molar-refractivity contribution in [1.29, 1.82) is 0 Å². The van der Waals surface area contributed by atoms with E-state index in [1.807, 2.05) is 0 Å². The first-order valence-electron chi connectivity index (χ1n) is 5.88. The lowest BCUT2D eigenvalue weighted by molar-refractivity contribution is -0.123. The van der Waals surface area contributed by atoms with E-state index in [1.54, 1.807) is 25.3 Å². The second-order valence-corrected chi connectivity index (χ2v) is 3.74. The molecule has 1 aromatic carbocycles. The van der Waals surface area contributed by atoms with Crippen LogP contribution in [0.1, 0.15) is 5.56 Å². The highest BCUT2D eigenvalue weighted by atomic mass is 16.5. The zero-order valence-corrected chi connectivity index (χ0v) is 11.1. The SMILES string of the molecule is COCCNC(=O)COc1c(CO)cccc1OC. The smallest absolute Gasteiger partial charge is 0.258 e. The predicted octanol–water partition coefficient (Wildman–Crippen LogP) is 0.329. The molecule has 0 radical (unpaired) electrons. The lowest BCUT2D eigenvalue weighted by Gasteiger charge is -2.13. The van der Waals surface area contributed by atoms with Crippen molar-refractivity contribution in [2.24, 2.45) is 0 Å². The fourth-order valence-corrected chi connectivity index (χ4v) is 1.49. The molecule has 0 aliphatic rings. The monoisotopic (exact) mass is 269 g/mol. The second-order valence-electron chi connectivity index (χ2n) is 3.74. The predicted molar refractivity (Wildman–Crippen MR) is 69.3 cm³/mol. The lowest BCUT2D eigenvalue weighted by Crippen LogP contribution is -2.31. The molecule has 19 heavy (non-hydrogen) atoms. The quantitative estimate of drug-likeness (QED) is 0.665. The van der Waals surface area contributed by atoms with Gasteiger partial charge in [0.15, 0.2) is 18.1 Å². The molecule has 1 rings (SSSR count). The van der Waals surface area contributed by atoms with Crippen LogP contribution in [0.15, 0.2) is 18.2 Å². The molecule has 1 aromatic rings. The van der Waals surface area contributed by atoms with Gasteiger partial charge in [0.1, 0.15) is 0 Å². The molecule has 0 atom stereocenters. The van der Waals surface area contributed by atoms with Gasteiger partial charge in [-0.3, -0.25) is 4.79 Å². The van der Waals surface area contributed by atoms with Crippen molar-refractivity contribution < 1.29 is 24.1 Å². The molecule has 1 amide bonds. The molecular weight excluding hydrogens is 250 g/mol. The Kier molecular flexibility index (Phi) is 6.70. The number of aliphatic hydroxyl groups is 1. The van der Waals surface area contributed by atoms with E-state index < -0.39 is 0 Å². The van der Waals surface area contributed by atoms with Crippen LogP contribution in [0, 0.1) is 0 Å². The zero-order valence-electron chi connectivity index (χ0n) is 11.1. The van der Waals surface area contributed by atoms with Crippen molar-refractivity contribution in [1.82, 2.24) is 5.32 Å². The summed E-state index contributed by atoms with van der Waals surface area (Å²) in [6.45, 7) is 0.550. The summed E-state index contributed by atoms with van der Waals surface area (Å²) < 4.78 is 15.4. The van der Waals surface area contributed by atoms with Gasteiger partial charge in [-0.05, 0) is 6.07 Å². The Bertz CT molecular complexity index is 386. The summed E-state index contributed by atoms with van der Waals surface area (Å²) in [6, 6.07) is 5.16. The fraction of sp³-hybridized carbons (Fsp3) is 0.462. The largest absolute Gasteiger partial charge is 0.493 e. The highest BCUT2D eigenvalue weighted by Gasteiger charge is 2.11. The van der Waals surface area contributed by atoms with Gasteiger partial charge in [0, 0.05) is 19.2 Å². The summed E-state index contributed by atoms with van der Waals surface area (Å²) >= 11 is 0. The molecule has 0 spiro atoms. The Morgan fingerprint density at radius 3 is 2.79 bits per heavy atom.